The van der Waals surface area contributed by atoms with Crippen LogP contribution in [0.15, 0.2) is 73.3 Å². The highest BCUT2D eigenvalue weighted by molar-refractivity contribution is 7.22. The summed E-state index contributed by atoms with van der Waals surface area (Å²) in [4.78, 5) is 36.7. The molecule has 11 heteroatoms. The maximum atomic E-state index is 15.0. The van der Waals surface area contributed by atoms with Gasteiger partial charge in [0.2, 0.25) is 11.8 Å². The zero-order chi connectivity index (χ0) is 27.6. The Bertz CT molecular complexity index is 1730. The normalized spacial score (nSPS) is 12.6. The minimum Gasteiger partial charge on any atom is -0.490 e. The maximum absolute atomic E-state index is 15.0. The number of para-hydroxylation sites is 2. The molecular formula is C29H24FN5O4S. The Morgan fingerprint density at radius 3 is 2.83 bits per heavy atom. The van der Waals surface area contributed by atoms with E-state index in [1.807, 2.05) is 29.8 Å². The molecule has 40 heavy (non-hydrogen) atoms. The van der Waals surface area contributed by atoms with E-state index in [0.29, 0.717) is 30.3 Å². The number of halogens is 1. The van der Waals surface area contributed by atoms with Crippen LogP contribution < -0.4 is 19.7 Å². The number of anilines is 2. The highest BCUT2D eigenvalue weighted by Crippen LogP contribution is 2.39. The molecule has 0 fully saturated rings. The number of fused-ring (bicyclic) bond motifs is 2. The molecule has 9 nitrogen and oxygen atoms in total. The van der Waals surface area contributed by atoms with Crippen molar-refractivity contribution in [3.63, 3.8) is 0 Å². The first-order valence-corrected chi connectivity index (χ1v) is 13.5. The molecule has 0 aliphatic carbocycles. The van der Waals surface area contributed by atoms with Crippen LogP contribution in [0.1, 0.15) is 13.3 Å². The van der Waals surface area contributed by atoms with Crippen molar-refractivity contribution in [2.45, 2.75) is 19.9 Å². The number of imidazole rings is 1. The smallest absolute Gasteiger partial charge is 0.236 e. The summed E-state index contributed by atoms with van der Waals surface area (Å²) in [5, 5.41) is 2.60. The van der Waals surface area contributed by atoms with Gasteiger partial charge in [-0.2, -0.15) is 0 Å². The van der Waals surface area contributed by atoms with Crippen LogP contribution in [-0.2, 0) is 16.1 Å². The van der Waals surface area contributed by atoms with Gasteiger partial charge in [-0.1, -0.05) is 12.1 Å². The van der Waals surface area contributed by atoms with E-state index in [1.54, 1.807) is 36.8 Å². The predicted molar refractivity (Wildman–Crippen MR) is 151 cm³/mol. The third-order valence-corrected chi connectivity index (χ3v) is 7.56. The van der Waals surface area contributed by atoms with Gasteiger partial charge < -0.3 is 24.3 Å². The van der Waals surface area contributed by atoms with Crippen molar-refractivity contribution in [3.05, 3.63) is 79.1 Å². The number of ether oxygens (including phenoxy) is 2. The lowest BCUT2D eigenvalue weighted by molar-refractivity contribution is -0.125. The van der Waals surface area contributed by atoms with E-state index in [1.165, 1.54) is 28.4 Å². The van der Waals surface area contributed by atoms with Crippen molar-refractivity contribution < 1.29 is 23.5 Å². The summed E-state index contributed by atoms with van der Waals surface area (Å²) < 4.78 is 29.3. The van der Waals surface area contributed by atoms with Gasteiger partial charge in [0.15, 0.2) is 11.6 Å². The molecular weight excluding hydrogens is 533 g/mol. The fourth-order valence-corrected chi connectivity index (χ4v) is 5.45. The lowest BCUT2D eigenvalue weighted by Crippen LogP contribution is -2.39. The number of nitrogens with one attached hydrogen (secondary N) is 1. The van der Waals surface area contributed by atoms with Gasteiger partial charge in [-0.05, 0) is 37.3 Å². The van der Waals surface area contributed by atoms with E-state index >= 15 is 4.39 Å². The fraction of sp³-hybridized carbons (Fsp3) is 0.172. The molecule has 4 heterocycles. The maximum Gasteiger partial charge on any atom is 0.236 e. The van der Waals surface area contributed by atoms with E-state index in [0.717, 1.165) is 33.4 Å². The van der Waals surface area contributed by atoms with Gasteiger partial charge >= 0.3 is 0 Å². The first-order valence-electron chi connectivity index (χ1n) is 12.7. The summed E-state index contributed by atoms with van der Waals surface area (Å²) in [7, 11) is 0. The Hall–Kier alpha value is -4.77. The molecule has 2 amide bonds. The average molecular weight is 558 g/mol. The van der Waals surface area contributed by atoms with E-state index in [4.69, 9.17) is 9.47 Å². The van der Waals surface area contributed by atoms with Crippen LogP contribution >= 0.6 is 11.3 Å². The molecule has 0 spiro atoms. The molecule has 0 radical (unpaired) electrons. The fourth-order valence-electron chi connectivity index (χ4n) is 4.43. The molecule has 1 aliphatic rings. The van der Waals surface area contributed by atoms with Crippen molar-refractivity contribution in [3.8, 4) is 27.8 Å². The number of rotatable bonds is 7. The van der Waals surface area contributed by atoms with Gasteiger partial charge in [0.05, 0.1) is 39.3 Å². The van der Waals surface area contributed by atoms with Crippen molar-refractivity contribution in [2.75, 3.05) is 23.4 Å². The summed E-state index contributed by atoms with van der Waals surface area (Å²) in [5.74, 6) is -0.519. The van der Waals surface area contributed by atoms with Gasteiger partial charge in [0.1, 0.15) is 24.5 Å². The van der Waals surface area contributed by atoms with Crippen molar-refractivity contribution in [1.29, 1.82) is 0 Å². The molecule has 0 atom stereocenters. The van der Waals surface area contributed by atoms with Crippen LogP contribution in [0.4, 0.5) is 15.8 Å². The average Bonchev–Trinajstić information content (AvgIpc) is 3.62. The van der Waals surface area contributed by atoms with Crippen molar-refractivity contribution in [2.24, 2.45) is 0 Å². The molecule has 0 saturated carbocycles. The molecule has 0 bridgehead atoms. The number of nitrogens with zero attached hydrogens (tertiary/aromatic N) is 4. The van der Waals surface area contributed by atoms with Crippen LogP contribution in [0.5, 0.6) is 17.2 Å². The number of aryl methyl sites for hydroxylation is 1. The number of hydrogen-bond donors (Lipinski definition) is 1. The molecule has 1 aliphatic heterocycles. The van der Waals surface area contributed by atoms with E-state index in [-0.39, 0.29) is 23.8 Å². The number of thiophene rings is 1. The number of hydrogen-bond acceptors (Lipinski definition) is 7. The Morgan fingerprint density at radius 1 is 1.12 bits per heavy atom. The molecule has 1 N–H and O–H groups in total. The SMILES string of the molecule is CCn1cnc(-c2cc3nccc(Oc4ccc(NC(=O)CC(=O)N5CCOc6ccccc65)cc4F)c3s2)c1. The molecule has 2 aromatic carbocycles. The number of pyridine rings is 1. The second-order valence-corrected chi connectivity index (χ2v) is 10.1. The van der Waals surface area contributed by atoms with E-state index < -0.39 is 11.7 Å². The first kappa shape index (κ1) is 25.5. The number of amides is 2. The highest BCUT2D eigenvalue weighted by Gasteiger charge is 2.25. The zero-order valence-electron chi connectivity index (χ0n) is 21.5. The zero-order valence-corrected chi connectivity index (χ0v) is 22.3. The number of benzene rings is 2. The third kappa shape index (κ3) is 5.10. The van der Waals surface area contributed by atoms with Gasteiger partial charge in [-0.15, -0.1) is 11.3 Å². The summed E-state index contributed by atoms with van der Waals surface area (Å²) in [5.41, 5.74) is 2.39. The second-order valence-electron chi connectivity index (χ2n) is 9.06. The Morgan fingerprint density at radius 2 is 2.00 bits per heavy atom. The predicted octanol–water partition coefficient (Wildman–Crippen LogP) is 5.87. The number of carbonyl (C=O) groups excluding carboxylic acids is 2. The summed E-state index contributed by atoms with van der Waals surface area (Å²) in [6, 6.07) is 14.9. The molecule has 202 valence electrons. The Labute approximate surface area is 232 Å². The van der Waals surface area contributed by atoms with Crippen LogP contribution in [0.2, 0.25) is 0 Å². The van der Waals surface area contributed by atoms with Crippen molar-refractivity contribution >= 4 is 44.7 Å². The van der Waals surface area contributed by atoms with E-state index in [2.05, 4.69) is 15.3 Å². The monoisotopic (exact) mass is 557 g/mol. The minimum absolute atomic E-state index is 0.00305. The Balaban J connectivity index is 1.14. The van der Waals surface area contributed by atoms with Gasteiger partial charge in [-0.3, -0.25) is 14.6 Å². The summed E-state index contributed by atoms with van der Waals surface area (Å²) in [6.45, 7) is 3.55. The van der Waals surface area contributed by atoms with Crippen LogP contribution in [0.3, 0.4) is 0 Å². The van der Waals surface area contributed by atoms with Crippen LogP contribution in [-0.4, -0.2) is 39.5 Å². The van der Waals surface area contributed by atoms with Gasteiger partial charge in [0, 0.05) is 36.8 Å². The quantitative estimate of drug-likeness (QED) is 0.252. The lowest BCUT2D eigenvalue weighted by Gasteiger charge is -2.29. The first-order chi connectivity index (χ1) is 19.5. The molecule has 5 aromatic rings. The van der Waals surface area contributed by atoms with E-state index in [9.17, 15) is 9.59 Å². The highest BCUT2D eigenvalue weighted by atomic mass is 32.1. The standard InChI is InChI=1S/C29H24FN5O4S/c1-2-34-16-21(32-17-34)26-14-20-29(40-26)25(9-10-31-20)39-23-8-7-18(13-19(23)30)33-27(36)15-28(37)35-11-12-38-24-6-4-3-5-22(24)35/h3-10,13-14,16-17H,2,11-12,15H2,1H3,(H,33,36). The van der Waals surface area contributed by atoms with Crippen LogP contribution in [0, 0.1) is 5.82 Å². The van der Waals surface area contributed by atoms with Gasteiger partial charge in [0.25, 0.3) is 0 Å². The topological polar surface area (TPSA) is 98.6 Å². The largest absolute Gasteiger partial charge is 0.490 e. The molecule has 0 saturated heterocycles. The Kier molecular flexibility index (Phi) is 6.87. The summed E-state index contributed by atoms with van der Waals surface area (Å²) >= 11 is 1.46. The number of carbonyl (C=O) groups is 2. The lowest BCUT2D eigenvalue weighted by atomic mass is 10.2. The van der Waals surface area contributed by atoms with Crippen LogP contribution in [0.25, 0.3) is 20.8 Å². The third-order valence-electron chi connectivity index (χ3n) is 6.40. The summed E-state index contributed by atoms with van der Waals surface area (Å²) in [6.07, 6.45) is 4.96. The molecule has 3 aromatic heterocycles. The molecule has 6 rings (SSSR count). The number of aromatic nitrogens is 3. The second kappa shape index (κ2) is 10.8. The minimum atomic E-state index is -0.658. The van der Waals surface area contributed by atoms with Crippen molar-refractivity contribution in [1.82, 2.24) is 14.5 Å². The molecule has 0 unspecified atom stereocenters. The van der Waals surface area contributed by atoms with Gasteiger partial charge in [-0.25, -0.2) is 9.37 Å².